The molecule has 0 saturated heterocycles. The summed E-state index contributed by atoms with van der Waals surface area (Å²) in [5.74, 6) is -11.3. The lowest BCUT2D eigenvalue weighted by Gasteiger charge is -2.42. The molecule has 4 rings (SSSR count). The normalized spacial score (nSPS) is 12.4. The van der Waals surface area contributed by atoms with Crippen molar-refractivity contribution < 1.29 is 48.7 Å². The molecule has 0 aliphatic heterocycles. The van der Waals surface area contributed by atoms with Crippen LogP contribution < -0.4 is 9.16 Å². The quantitative estimate of drug-likeness (QED) is 0.0950. The van der Waals surface area contributed by atoms with Gasteiger partial charge in [0.15, 0.2) is 17.5 Å². The first-order valence-corrected chi connectivity index (χ1v) is 16.5. The average Bonchev–Trinajstić information content (AvgIpc) is 2.93. The summed E-state index contributed by atoms with van der Waals surface area (Å²) >= 11 is 0. The zero-order chi connectivity index (χ0) is 34.3. The van der Waals surface area contributed by atoms with Gasteiger partial charge in [-0.15, -0.1) is 0 Å². The maximum absolute atomic E-state index is 15.3. The molecule has 0 fully saturated rings. The Balaban J connectivity index is 1.61. The number of hydrogen-bond acceptors (Lipinski definition) is 2. The fourth-order valence-corrected chi connectivity index (χ4v) is 11.3. The molecule has 2 nitrogen and oxygen atoms in total. The van der Waals surface area contributed by atoms with E-state index in [0.717, 1.165) is 18.2 Å². The second-order valence-electron chi connectivity index (χ2n) is 11.9. The Labute approximate surface area is 261 Å². The van der Waals surface area contributed by atoms with Crippen LogP contribution >= 0.6 is 0 Å². The molecule has 4 aromatic rings. The van der Waals surface area contributed by atoms with Gasteiger partial charge in [0.05, 0.1) is 0 Å². The van der Waals surface area contributed by atoms with Crippen LogP contribution in [0.2, 0.25) is 16.6 Å². The van der Waals surface area contributed by atoms with Gasteiger partial charge in [0, 0.05) is 23.3 Å². The van der Waals surface area contributed by atoms with Crippen molar-refractivity contribution in [2.24, 2.45) is 0 Å². The van der Waals surface area contributed by atoms with Gasteiger partial charge in [-0.05, 0) is 76.3 Å². The lowest BCUT2D eigenvalue weighted by Crippen LogP contribution is -2.50. The van der Waals surface area contributed by atoms with E-state index in [0.29, 0.717) is 30.3 Å². The van der Waals surface area contributed by atoms with Crippen LogP contribution in [0, 0.1) is 40.7 Å². The summed E-state index contributed by atoms with van der Waals surface area (Å²) in [6.45, 7) is 12.3. The summed E-state index contributed by atoms with van der Waals surface area (Å²) in [4.78, 5) is 0. The molecule has 0 heterocycles. The van der Waals surface area contributed by atoms with E-state index in [1.54, 1.807) is 0 Å². The zero-order valence-electron chi connectivity index (χ0n) is 25.7. The summed E-state index contributed by atoms with van der Waals surface area (Å²) in [5.41, 5.74) is -2.81. The van der Waals surface area contributed by atoms with Crippen LogP contribution in [0.25, 0.3) is 22.3 Å². The van der Waals surface area contributed by atoms with Gasteiger partial charge in [-0.3, -0.25) is 0 Å². The number of rotatable bonds is 10. The SMILES string of the molecule is CC(C)[Si](Oc1ccc(-c2cc(F)c(C(F)(F)Oc3ccc(-c4cc(F)c(F)c(F)c4)c(F)c3)c(F)c2)c(F)c1)(C(C)C)C(C)C. The fourth-order valence-electron chi connectivity index (χ4n) is 6.06. The zero-order valence-corrected chi connectivity index (χ0v) is 26.7. The highest BCUT2D eigenvalue weighted by Gasteiger charge is 2.47. The summed E-state index contributed by atoms with van der Waals surface area (Å²) in [6, 6.07) is 7.83. The predicted molar refractivity (Wildman–Crippen MR) is 160 cm³/mol. The van der Waals surface area contributed by atoms with Crippen LogP contribution in [0.3, 0.4) is 0 Å². The van der Waals surface area contributed by atoms with Crippen molar-refractivity contribution >= 4 is 8.32 Å². The van der Waals surface area contributed by atoms with Crippen molar-refractivity contribution in [1.82, 2.24) is 0 Å². The molecule has 0 aliphatic rings. The lowest BCUT2D eigenvalue weighted by molar-refractivity contribution is -0.189. The highest BCUT2D eigenvalue weighted by Crippen LogP contribution is 2.44. The van der Waals surface area contributed by atoms with E-state index in [-0.39, 0.29) is 33.5 Å². The van der Waals surface area contributed by atoms with Gasteiger partial charge in [0.1, 0.15) is 40.3 Å². The molecule has 0 spiro atoms. The largest absolute Gasteiger partial charge is 0.543 e. The molecule has 0 aromatic heterocycles. The van der Waals surface area contributed by atoms with Gasteiger partial charge in [0.25, 0.3) is 8.32 Å². The molecular weight excluding hydrogens is 639 g/mol. The smallest absolute Gasteiger partial charge is 0.432 e. The van der Waals surface area contributed by atoms with E-state index in [9.17, 15) is 17.6 Å². The van der Waals surface area contributed by atoms with Gasteiger partial charge in [-0.1, -0.05) is 41.5 Å². The molecule has 246 valence electrons. The van der Waals surface area contributed by atoms with E-state index >= 15 is 22.0 Å². The van der Waals surface area contributed by atoms with Crippen LogP contribution in [0.4, 0.5) is 39.5 Å². The van der Waals surface area contributed by atoms with Crippen LogP contribution in [-0.4, -0.2) is 8.32 Å². The van der Waals surface area contributed by atoms with Gasteiger partial charge >= 0.3 is 6.11 Å². The first kappa shape index (κ1) is 34.9. The highest BCUT2D eigenvalue weighted by atomic mass is 28.4. The van der Waals surface area contributed by atoms with Crippen LogP contribution in [0.15, 0.2) is 60.7 Å². The summed E-state index contributed by atoms with van der Waals surface area (Å²) in [5, 5.41) is 0. The van der Waals surface area contributed by atoms with E-state index in [1.807, 2.05) is 41.5 Å². The maximum Gasteiger partial charge on any atom is 0.432 e. The minimum Gasteiger partial charge on any atom is -0.543 e. The van der Waals surface area contributed by atoms with Crippen molar-refractivity contribution in [3.05, 3.63) is 107 Å². The van der Waals surface area contributed by atoms with E-state index in [1.165, 1.54) is 12.1 Å². The predicted octanol–water partition coefficient (Wildman–Crippen LogP) is 11.7. The van der Waals surface area contributed by atoms with Gasteiger partial charge in [-0.2, -0.15) is 8.78 Å². The number of hydrogen-bond donors (Lipinski definition) is 0. The Hall–Kier alpha value is -3.93. The van der Waals surface area contributed by atoms with Crippen molar-refractivity contribution in [2.75, 3.05) is 0 Å². The number of halogens is 9. The molecule has 0 atom stereocenters. The standard InChI is InChI=1S/C34H31F9O2Si/c1-17(2)46(18(3)4,19(5)6)45-23-8-10-25(27(36)16-23)20-11-28(37)32(29(38)12-20)34(42,43)44-22-7-9-24(26(35)15-22)21-13-30(39)33(41)31(40)14-21/h7-19H,1-6H3. The number of benzene rings is 4. The molecule has 46 heavy (non-hydrogen) atoms. The highest BCUT2D eigenvalue weighted by molar-refractivity contribution is 6.78. The lowest BCUT2D eigenvalue weighted by atomic mass is 10.0. The maximum atomic E-state index is 15.3. The molecule has 0 aliphatic carbocycles. The summed E-state index contributed by atoms with van der Waals surface area (Å²) in [6.07, 6.45) is -4.68. The van der Waals surface area contributed by atoms with Gasteiger partial charge in [0.2, 0.25) is 0 Å². The second kappa shape index (κ2) is 13.1. The van der Waals surface area contributed by atoms with Gasteiger partial charge in [-0.25, -0.2) is 30.7 Å². The van der Waals surface area contributed by atoms with E-state index < -0.39 is 77.6 Å². The van der Waals surface area contributed by atoms with Crippen LogP contribution in [0.1, 0.15) is 47.1 Å². The Morgan fingerprint density at radius 2 is 0.913 bits per heavy atom. The molecule has 0 unspecified atom stereocenters. The summed E-state index contributed by atoms with van der Waals surface area (Å²) < 4.78 is 141. The molecule has 0 N–H and O–H groups in total. The Morgan fingerprint density at radius 1 is 0.522 bits per heavy atom. The van der Waals surface area contributed by atoms with Crippen LogP contribution in [0.5, 0.6) is 11.5 Å². The van der Waals surface area contributed by atoms with Crippen molar-refractivity contribution in [1.29, 1.82) is 0 Å². The second-order valence-corrected chi connectivity index (χ2v) is 17.3. The first-order valence-electron chi connectivity index (χ1n) is 14.4. The molecule has 0 radical (unpaired) electrons. The number of ether oxygens (including phenoxy) is 1. The molecule has 0 bridgehead atoms. The average molecular weight is 671 g/mol. The topological polar surface area (TPSA) is 18.5 Å². The molecular formula is C34H31F9O2Si. The molecule has 0 saturated carbocycles. The Kier molecular flexibility index (Phi) is 9.91. The van der Waals surface area contributed by atoms with Crippen LogP contribution in [-0.2, 0) is 6.11 Å². The fraction of sp³-hybridized carbons (Fsp3) is 0.294. The van der Waals surface area contributed by atoms with Crippen molar-refractivity contribution in [3.63, 3.8) is 0 Å². The van der Waals surface area contributed by atoms with E-state index in [2.05, 4.69) is 4.74 Å². The third kappa shape index (κ3) is 6.63. The Bertz CT molecular complexity index is 1690. The van der Waals surface area contributed by atoms with Gasteiger partial charge < -0.3 is 9.16 Å². The monoisotopic (exact) mass is 670 g/mol. The molecule has 4 aromatic carbocycles. The third-order valence-electron chi connectivity index (χ3n) is 8.07. The first-order chi connectivity index (χ1) is 21.4. The minimum atomic E-state index is -4.68. The van der Waals surface area contributed by atoms with Crippen molar-refractivity contribution in [2.45, 2.75) is 64.3 Å². The van der Waals surface area contributed by atoms with Crippen molar-refractivity contribution in [3.8, 4) is 33.8 Å². The third-order valence-corrected chi connectivity index (χ3v) is 14.1. The Morgan fingerprint density at radius 3 is 1.33 bits per heavy atom. The minimum absolute atomic E-state index is 0.188. The summed E-state index contributed by atoms with van der Waals surface area (Å²) in [7, 11) is -2.45. The van der Waals surface area contributed by atoms with E-state index in [4.69, 9.17) is 4.43 Å². The number of alkyl halides is 2. The molecule has 12 heteroatoms. The molecule has 0 amide bonds.